The lowest BCUT2D eigenvalue weighted by Crippen LogP contribution is -2.25. The second kappa shape index (κ2) is 10.0. The third kappa shape index (κ3) is 4.91. The molecular weight excluding hydrogens is 402 g/mol. The third-order valence-electron chi connectivity index (χ3n) is 5.35. The van der Waals surface area contributed by atoms with Crippen molar-refractivity contribution in [2.75, 3.05) is 13.7 Å². The van der Waals surface area contributed by atoms with Crippen LogP contribution in [-0.4, -0.2) is 29.1 Å². The number of rotatable bonds is 9. The van der Waals surface area contributed by atoms with Crippen LogP contribution in [0.15, 0.2) is 72.8 Å². The van der Waals surface area contributed by atoms with Gasteiger partial charge in [-0.3, -0.25) is 4.79 Å². The molecule has 0 radical (unpaired) electrons. The Balaban J connectivity index is 1.32. The number of fused-ring (bicyclic) bond motifs is 1. The monoisotopic (exact) mass is 429 g/mol. The number of carbonyl (C=O) groups excluding carboxylic acids is 1. The van der Waals surface area contributed by atoms with E-state index in [0.717, 1.165) is 35.4 Å². The van der Waals surface area contributed by atoms with Gasteiger partial charge >= 0.3 is 0 Å². The van der Waals surface area contributed by atoms with Gasteiger partial charge in [0.05, 0.1) is 18.1 Å². The van der Waals surface area contributed by atoms with E-state index in [2.05, 4.69) is 20.9 Å². The Morgan fingerprint density at radius 1 is 1.00 bits per heavy atom. The molecule has 0 bridgehead atoms. The Bertz CT molecular complexity index is 1200. The first-order chi connectivity index (χ1) is 15.7. The lowest BCUT2D eigenvalue weighted by molar-refractivity contribution is 0.0952. The first kappa shape index (κ1) is 21.4. The fraction of sp³-hybridized carbons (Fsp3) is 0.231. The summed E-state index contributed by atoms with van der Waals surface area (Å²) < 4.78 is 13.5. The van der Waals surface area contributed by atoms with Crippen LogP contribution in [0.3, 0.4) is 0 Å². The molecule has 0 atom stereocenters. The van der Waals surface area contributed by atoms with E-state index in [-0.39, 0.29) is 5.91 Å². The number of hydrogen-bond acceptors (Lipinski definition) is 4. The molecule has 0 saturated heterocycles. The van der Waals surface area contributed by atoms with Crippen molar-refractivity contribution in [1.29, 1.82) is 0 Å². The summed E-state index contributed by atoms with van der Waals surface area (Å²) in [7, 11) is 1.57. The molecule has 1 amide bonds. The molecule has 3 aromatic carbocycles. The number of imidazole rings is 1. The number of methoxy groups -OCH3 is 1. The zero-order chi connectivity index (χ0) is 22.3. The minimum atomic E-state index is -0.134. The molecule has 0 spiro atoms. The molecule has 0 unspecified atom stereocenters. The van der Waals surface area contributed by atoms with Gasteiger partial charge in [0, 0.05) is 18.7 Å². The van der Waals surface area contributed by atoms with Crippen molar-refractivity contribution >= 4 is 16.9 Å². The number of carbonyl (C=O) groups is 1. The van der Waals surface area contributed by atoms with Gasteiger partial charge in [0.1, 0.15) is 12.4 Å². The molecule has 0 aliphatic carbocycles. The maximum atomic E-state index is 12.6. The Labute approximate surface area is 187 Å². The fourth-order valence-corrected chi connectivity index (χ4v) is 3.68. The summed E-state index contributed by atoms with van der Waals surface area (Å²) in [6.45, 7) is 3.80. The molecular formula is C26H27N3O3. The van der Waals surface area contributed by atoms with Gasteiger partial charge in [-0.15, -0.1) is 0 Å². The highest BCUT2D eigenvalue weighted by molar-refractivity contribution is 5.94. The molecule has 0 aliphatic heterocycles. The molecule has 4 aromatic rings. The third-order valence-corrected chi connectivity index (χ3v) is 5.35. The predicted octanol–water partition coefficient (Wildman–Crippen LogP) is 4.75. The maximum absolute atomic E-state index is 12.6. The minimum absolute atomic E-state index is 0.134. The lowest BCUT2D eigenvalue weighted by Gasteiger charge is -2.13. The van der Waals surface area contributed by atoms with Crippen LogP contribution in [0.4, 0.5) is 0 Å². The summed E-state index contributed by atoms with van der Waals surface area (Å²) in [6.07, 6.45) is 0.808. The number of nitrogens with zero attached hydrogens (tertiary/aromatic N) is 2. The van der Waals surface area contributed by atoms with Crippen LogP contribution >= 0.6 is 0 Å². The number of ether oxygens (including phenoxy) is 2. The van der Waals surface area contributed by atoms with Crippen LogP contribution in [-0.2, 0) is 13.2 Å². The van der Waals surface area contributed by atoms with Crippen LogP contribution in [0, 0.1) is 6.92 Å². The van der Waals surface area contributed by atoms with Gasteiger partial charge < -0.3 is 19.4 Å². The number of benzene rings is 3. The van der Waals surface area contributed by atoms with Gasteiger partial charge in [-0.1, -0.05) is 42.5 Å². The topological polar surface area (TPSA) is 65.4 Å². The van der Waals surface area contributed by atoms with Gasteiger partial charge in [-0.25, -0.2) is 4.98 Å². The predicted molar refractivity (Wildman–Crippen MR) is 125 cm³/mol. The van der Waals surface area contributed by atoms with E-state index in [0.29, 0.717) is 30.2 Å². The Kier molecular flexibility index (Phi) is 6.70. The molecule has 0 saturated carbocycles. The van der Waals surface area contributed by atoms with Crippen LogP contribution in [0.1, 0.15) is 28.2 Å². The van der Waals surface area contributed by atoms with Gasteiger partial charge in [0.25, 0.3) is 5.91 Å². The normalized spacial score (nSPS) is 10.8. The lowest BCUT2D eigenvalue weighted by atomic mass is 10.2. The summed E-state index contributed by atoms with van der Waals surface area (Å²) in [5, 5.41) is 2.99. The van der Waals surface area contributed by atoms with Crippen molar-refractivity contribution in [3.8, 4) is 11.5 Å². The average molecular weight is 430 g/mol. The first-order valence-electron chi connectivity index (χ1n) is 10.7. The van der Waals surface area contributed by atoms with Crippen molar-refractivity contribution < 1.29 is 14.3 Å². The van der Waals surface area contributed by atoms with Crippen molar-refractivity contribution in [3.63, 3.8) is 0 Å². The number of hydrogen-bond donors (Lipinski definition) is 1. The standard InChI is InChI=1S/C26H27N3O3/c1-19-28-22-11-6-7-12-23(22)29(19)16-8-15-27-26(30)21-13-14-24(25(17-21)31-2)32-18-20-9-4-3-5-10-20/h3-7,9-14,17H,8,15-16,18H2,1-2H3,(H,27,30). The summed E-state index contributed by atoms with van der Waals surface area (Å²) in [4.78, 5) is 17.2. The largest absolute Gasteiger partial charge is 0.493 e. The molecule has 1 heterocycles. The number of amides is 1. The zero-order valence-corrected chi connectivity index (χ0v) is 18.4. The first-order valence-corrected chi connectivity index (χ1v) is 10.7. The molecule has 1 N–H and O–H groups in total. The van der Waals surface area contributed by atoms with Crippen molar-refractivity contribution in [1.82, 2.24) is 14.9 Å². The van der Waals surface area contributed by atoms with E-state index >= 15 is 0 Å². The van der Waals surface area contributed by atoms with Crippen LogP contribution in [0.5, 0.6) is 11.5 Å². The van der Waals surface area contributed by atoms with Crippen LogP contribution < -0.4 is 14.8 Å². The van der Waals surface area contributed by atoms with E-state index in [1.54, 1.807) is 25.3 Å². The highest BCUT2D eigenvalue weighted by atomic mass is 16.5. The molecule has 4 rings (SSSR count). The van der Waals surface area contributed by atoms with E-state index in [1.807, 2.05) is 55.5 Å². The summed E-state index contributed by atoms with van der Waals surface area (Å²) >= 11 is 0. The van der Waals surface area contributed by atoms with E-state index < -0.39 is 0 Å². The number of aryl methyl sites for hydroxylation is 2. The SMILES string of the molecule is COc1cc(C(=O)NCCCn2c(C)nc3ccccc32)ccc1OCc1ccccc1. The van der Waals surface area contributed by atoms with Gasteiger partial charge in [0.15, 0.2) is 11.5 Å². The fourth-order valence-electron chi connectivity index (χ4n) is 3.68. The van der Waals surface area contributed by atoms with Crippen molar-refractivity contribution in [2.24, 2.45) is 0 Å². The zero-order valence-electron chi connectivity index (χ0n) is 18.4. The Morgan fingerprint density at radius 2 is 1.78 bits per heavy atom. The molecule has 6 heteroatoms. The highest BCUT2D eigenvalue weighted by Gasteiger charge is 2.12. The second-order valence-corrected chi connectivity index (χ2v) is 7.55. The quantitative estimate of drug-likeness (QED) is 0.390. The smallest absolute Gasteiger partial charge is 0.251 e. The van der Waals surface area contributed by atoms with Gasteiger partial charge in [0.2, 0.25) is 0 Å². The summed E-state index contributed by atoms with van der Waals surface area (Å²) in [5.74, 6) is 1.99. The van der Waals surface area contributed by atoms with Crippen molar-refractivity contribution in [3.05, 3.63) is 89.7 Å². The van der Waals surface area contributed by atoms with E-state index in [4.69, 9.17) is 9.47 Å². The molecule has 1 aromatic heterocycles. The molecule has 0 fully saturated rings. The molecule has 0 aliphatic rings. The van der Waals surface area contributed by atoms with Crippen LogP contribution in [0.25, 0.3) is 11.0 Å². The van der Waals surface area contributed by atoms with Crippen LogP contribution in [0.2, 0.25) is 0 Å². The minimum Gasteiger partial charge on any atom is -0.493 e. The highest BCUT2D eigenvalue weighted by Crippen LogP contribution is 2.29. The Morgan fingerprint density at radius 3 is 2.59 bits per heavy atom. The second-order valence-electron chi connectivity index (χ2n) is 7.55. The van der Waals surface area contributed by atoms with E-state index in [9.17, 15) is 4.79 Å². The molecule has 32 heavy (non-hydrogen) atoms. The average Bonchev–Trinajstić information content (AvgIpc) is 3.15. The summed E-state index contributed by atoms with van der Waals surface area (Å²) in [6, 6.07) is 23.3. The van der Waals surface area contributed by atoms with Gasteiger partial charge in [-0.05, 0) is 49.2 Å². The molecule has 6 nitrogen and oxygen atoms in total. The van der Waals surface area contributed by atoms with Gasteiger partial charge in [-0.2, -0.15) is 0 Å². The number of nitrogens with one attached hydrogen (secondary N) is 1. The van der Waals surface area contributed by atoms with Crippen molar-refractivity contribution in [2.45, 2.75) is 26.5 Å². The number of aromatic nitrogens is 2. The molecule has 164 valence electrons. The van der Waals surface area contributed by atoms with E-state index in [1.165, 1.54) is 0 Å². The maximum Gasteiger partial charge on any atom is 0.251 e. The number of para-hydroxylation sites is 2. The Hall–Kier alpha value is -3.80. The summed E-state index contributed by atoms with van der Waals surface area (Å²) in [5.41, 5.74) is 3.72.